The lowest BCUT2D eigenvalue weighted by Gasteiger charge is -2.24. The Balaban J connectivity index is 2.24. The quantitative estimate of drug-likeness (QED) is 0.415. The highest BCUT2D eigenvalue weighted by atomic mass is 16.5. The average Bonchev–Trinajstić information content (AvgIpc) is 2.67. The van der Waals surface area contributed by atoms with E-state index >= 15 is 0 Å². The van der Waals surface area contributed by atoms with Crippen molar-refractivity contribution in [3.63, 3.8) is 0 Å². The van der Waals surface area contributed by atoms with Gasteiger partial charge in [-0.15, -0.1) is 0 Å². The molecule has 1 unspecified atom stereocenters. The highest BCUT2D eigenvalue weighted by Gasteiger charge is 2.33. The van der Waals surface area contributed by atoms with Crippen molar-refractivity contribution in [2.24, 2.45) is 0 Å². The van der Waals surface area contributed by atoms with Crippen LogP contribution in [0.4, 0.5) is 0 Å². The van der Waals surface area contributed by atoms with E-state index in [0.717, 1.165) is 10.5 Å². The summed E-state index contributed by atoms with van der Waals surface area (Å²) in [5.41, 5.74) is 3.19. The van der Waals surface area contributed by atoms with Gasteiger partial charge in [0.1, 0.15) is 0 Å². The average molecular weight is 342 g/mol. The number of likely N-dealkylation sites (N-methyl/N-ethyl adjacent to an activating group) is 2. The number of hydrogen-bond acceptors (Lipinski definition) is 5. The van der Waals surface area contributed by atoms with Gasteiger partial charge in [0, 0.05) is 25.9 Å². The molecule has 0 bridgehead atoms. The van der Waals surface area contributed by atoms with Gasteiger partial charge in [0.05, 0.1) is 11.3 Å². The molecule has 2 rings (SSSR count). The van der Waals surface area contributed by atoms with Crippen LogP contribution in [0.3, 0.4) is 0 Å². The summed E-state index contributed by atoms with van der Waals surface area (Å²) in [4.78, 5) is 41.2. The summed E-state index contributed by atoms with van der Waals surface area (Å²) in [7, 11) is 2.62. The summed E-state index contributed by atoms with van der Waals surface area (Å²) < 4.78 is 0. The van der Waals surface area contributed by atoms with Gasteiger partial charge in [-0.3, -0.25) is 24.6 Å². The van der Waals surface area contributed by atoms with Crippen molar-refractivity contribution in [1.82, 2.24) is 20.7 Å². The number of hydroxylamine groups is 1. The third-order valence-corrected chi connectivity index (χ3v) is 3.64. The molecule has 0 fully saturated rings. The Morgan fingerprint density at radius 1 is 1.08 bits per heavy atom. The lowest BCUT2D eigenvalue weighted by atomic mass is 10.1. The molecule has 1 heterocycles. The van der Waals surface area contributed by atoms with Crippen LogP contribution in [0.25, 0.3) is 11.3 Å². The van der Waals surface area contributed by atoms with E-state index < -0.39 is 23.8 Å². The number of aromatic nitrogens is 1. The summed E-state index contributed by atoms with van der Waals surface area (Å²) in [5.74, 6) is -2.32. The van der Waals surface area contributed by atoms with Crippen LogP contribution in [-0.4, -0.2) is 52.9 Å². The van der Waals surface area contributed by atoms with E-state index in [2.05, 4.69) is 10.3 Å². The van der Waals surface area contributed by atoms with Gasteiger partial charge in [0.2, 0.25) is 0 Å². The molecule has 0 saturated heterocycles. The minimum Gasteiger partial charge on any atom is -0.357 e. The van der Waals surface area contributed by atoms with Gasteiger partial charge in [-0.2, -0.15) is 0 Å². The van der Waals surface area contributed by atoms with E-state index in [1.165, 1.54) is 25.8 Å². The topological polar surface area (TPSA) is 112 Å². The molecule has 0 aliphatic carbocycles. The van der Waals surface area contributed by atoms with Crippen LogP contribution in [-0.2, 0) is 9.59 Å². The normalized spacial score (nSPS) is 11.3. The molecular formula is C17H18N4O4. The Kier molecular flexibility index (Phi) is 5.80. The number of pyridine rings is 1. The van der Waals surface area contributed by atoms with Crippen molar-refractivity contribution in [1.29, 1.82) is 0 Å². The third kappa shape index (κ3) is 3.99. The number of amides is 3. The largest absolute Gasteiger partial charge is 0.357 e. The molecule has 0 spiro atoms. The van der Waals surface area contributed by atoms with E-state index in [1.54, 1.807) is 12.1 Å². The molecule has 1 aromatic carbocycles. The van der Waals surface area contributed by atoms with Crippen LogP contribution in [0.2, 0.25) is 0 Å². The van der Waals surface area contributed by atoms with E-state index in [4.69, 9.17) is 5.21 Å². The maximum Gasteiger partial charge on any atom is 0.275 e. The van der Waals surface area contributed by atoms with Gasteiger partial charge in [0.25, 0.3) is 17.7 Å². The van der Waals surface area contributed by atoms with Crippen molar-refractivity contribution in [3.8, 4) is 11.3 Å². The maximum atomic E-state index is 12.5. The summed E-state index contributed by atoms with van der Waals surface area (Å²) in [6.45, 7) is 0. The Morgan fingerprint density at radius 2 is 1.76 bits per heavy atom. The number of hydrogen-bond donors (Lipinski definition) is 3. The van der Waals surface area contributed by atoms with Crippen molar-refractivity contribution in [2.75, 3.05) is 14.1 Å². The first-order valence-electron chi connectivity index (χ1n) is 7.43. The molecule has 0 saturated carbocycles. The minimum atomic E-state index is -1.50. The summed E-state index contributed by atoms with van der Waals surface area (Å²) in [6.07, 6.45) is 1.37. The smallest absolute Gasteiger partial charge is 0.275 e. The number of carbonyl (C=O) groups excluding carboxylic acids is 3. The van der Waals surface area contributed by atoms with Crippen LogP contribution in [0.1, 0.15) is 10.4 Å². The molecule has 3 N–H and O–H groups in total. The zero-order chi connectivity index (χ0) is 18.4. The van der Waals surface area contributed by atoms with Gasteiger partial charge in [-0.05, 0) is 12.1 Å². The zero-order valence-corrected chi connectivity index (χ0v) is 13.8. The van der Waals surface area contributed by atoms with Crippen molar-refractivity contribution < 1.29 is 19.6 Å². The molecule has 1 atom stereocenters. The molecule has 0 aliphatic heterocycles. The van der Waals surface area contributed by atoms with Crippen LogP contribution in [0, 0.1) is 0 Å². The number of carbonyl (C=O) groups is 3. The van der Waals surface area contributed by atoms with Gasteiger partial charge in [0.15, 0.2) is 6.04 Å². The molecule has 25 heavy (non-hydrogen) atoms. The van der Waals surface area contributed by atoms with Crippen LogP contribution >= 0.6 is 0 Å². The van der Waals surface area contributed by atoms with E-state index in [9.17, 15) is 14.4 Å². The number of benzene rings is 1. The Morgan fingerprint density at radius 3 is 2.28 bits per heavy atom. The maximum absolute atomic E-state index is 12.5. The van der Waals surface area contributed by atoms with Crippen molar-refractivity contribution >= 4 is 17.7 Å². The van der Waals surface area contributed by atoms with Gasteiger partial charge >= 0.3 is 0 Å². The van der Waals surface area contributed by atoms with Crippen molar-refractivity contribution in [2.45, 2.75) is 6.04 Å². The highest BCUT2D eigenvalue weighted by Crippen LogP contribution is 2.17. The second-order valence-corrected chi connectivity index (χ2v) is 5.21. The molecule has 1 aromatic heterocycles. The summed E-state index contributed by atoms with van der Waals surface area (Å²) >= 11 is 0. The second kappa shape index (κ2) is 8.02. The lowest BCUT2D eigenvalue weighted by molar-refractivity contribution is -0.140. The predicted molar refractivity (Wildman–Crippen MR) is 89.6 cm³/mol. The van der Waals surface area contributed by atoms with Gasteiger partial charge < -0.3 is 10.2 Å². The molecule has 130 valence electrons. The molecule has 3 amide bonds. The molecule has 2 aromatic rings. The summed E-state index contributed by atoms with van der Waals surface area (Å²) in [5, 5.41) is 11.1. The molecular weight excluding hydrogens is 324 g/mol. The van der Waals surface area contributed by atoms with E-state index in [-0.39, 0.29) is 5.56 Å². The predicted octanol–water partition coefficient (Wildman–Crippen LogP) is 0.441. The Bertz CT molecular complexity index is 746. The summed E-state index contributed by atoms with van der Waals surface area (Å²) in [6, 6.07) is 11.2. The van der Waals surface area contributed by atoms with Crippen LogP contribution in [0.15, 0.2) is 48.7 Å². The van der Waals surface area contributed by atoms with Crippen LogP contribution in [0.5, 0.6) is 0 Å². The van der Waals surface area contributed by atoms with E-state index in [1.807, 2.05) is 30.3 Å². The Labute approximate surface area is 144 Å². The minimum absolute atomic E-state index is 0.210. The molecule has 8 heteroatoms. The second-order valence-electron chi connectivity index (χ2n) is 5.21. The van der Waals surface area contributed by atoms with Gasteiger partial charge in [-0.1, -0.05) is 30.3 Å². The van der Waals surface area contributed by atoms with E-state index in [0.29, 0.717) is 5.69 Å². The zero-order valence-electron chi connectivity index (χ0n) is 13.8. The first kappa shape index (κ1) is 18.1. The first-order valence-corrected chi connectivity index (χ1v) is 7.43. The van der Waals surface area contributed by atoms with Crippen molar-refractivity contribution in [3.05, 3.63) is 54.2 Å². The molecule has 0 radical (unpaired) electrons. The SMILES string of the molecule is CNC(=O)C(C(=O)NO)N(C)C(=O)c1ccc(-c2ccccc2)nc1. The number of nitrogens with zero attached hydrogens (tertiary/aromatic N) is 2. The lowest BCUT2D eigenvalue weighted by Crippen LogP contribution is -2.54. The first-order chi connectivity index (χ1) is 12.0. The highest BCUT2D eigenvalue weighted by molar-refractivity contribution is 6.08. The fourth-order valence-corrected chi connectivity index (χ4v) is 2.29. The number of nitrogens with one attached hydrogen (secondary N) is 2. The molecule has 8 nitrogen and oxygen atoms in total. The molecule has 0 aliphatic rings. The van der Waals surface area contributed by atoms with Crippen LogP contribution < -0.4 is 10.8 Å². The fourth-order valence-electron chi connectivity index (χ4n) is 2.29. The van der Waals surface area contributed by atoms with Gasteiger partial charge in [-0.25, -0.2) is 5.48 Å². The Hall–Kier alpha value is -3.26. The number of rotatable bonds is 5. The monoisotopic (exact) mass is 342 g/mol. The third-order valence-electron chi connectivity index (χ3n) is 3.64. The fraction of sp³-hybridized carbons (Fsp3) is 0.176. The standard InChI is InChI=1S/C17H18N4O4/c1-18-15(22)14(16(23)20-25)21(2)17(24)12-8-9-13(19-10-12)11-6-4-3-5-7-11/h3-10,14,25H,1-2H3,(H,18,22)(H,20,23).